The highest BCUT2D eigenvalue weighted by Crippen LogP contribution is 2.45. The van der Waals surface area contributed by atoms with E-state index in [1.54, 1.807) is 12.0 Å². The predicted molar refractivity (Wildman–Crippen MR) is 102 cm³/mol. The fourth-order valence-corrected chi connectivity index (χ4v) is 4.26. The number of likely N-dealkylation sites (tertiary alicyclic amines) is 1. The molecule has 27 heavy (non-hydrogen) atoms. The summed E-state index contributed by atoms with van der Waals surface area (Å²) in [5.41, 5.74) is 1.85. The van der Waals surface area contributed by atoms with Crippen LogP contribution >= 0.6 is 0 Å². The van der Waals surface area contributed by atoms with Gasteiger partial charge in [-0.3, -0.25) is 9.59 Å². The van der Waals surface area contributed by atoms with Crippen LogP contribution in [-0.2, 0) is 16.1 Å². The van der Waals surface area contributed by atoms with Crippen molar-refractivity contribution in [2.75, 3.05) is 7.11 Å². The van der Waals surface area contributed by atoms with Crippen LogP contribution in [0.15, 0.2) is 54.6 Å². The van der Waals surface area contributed by atoms with Gasteiger partial charge in [0, 0.05) is 12.6 Å². The van der Waals surface area contributed by atoms with E-state index in [2.05, 4.69) is 5.32 Å². The van der Waals surface area contributed by atoms with Gasteiger partial charge >= 0.3 is 0 Å². The van der Waals surface area contributed by atoms with Crippen LogP contribution in [0.4, 0.5) is 0 Å². The molecule has 0 bridgehead atoms. The van der Waals surface area contributed by atoms with Crippen LogP contribution in [0.25, 0.3) is 0 Å². The monoisotopic (exact) mass is 364 g/mol. The molecule has 1 saturated carbocycles. The van der Waals surface area contributed by atoms with Gasteiger partial charge in [-0.1, -0.05) is 48.9 Å². The molecule has 3 atom stereocenters. The maximum atomic E-state index is 13.1. The zero-order valence-corrected chi connectivity index (χ0v) is 15.4. The van der Waals surface area contributed by atoms with Gasteiger partial charge in [-0.05, 0) is 36.1 Å². The maximum absolute atomic E-state index is 13.1. The first-order valence-corrected chi connectivity index (χ1v) is 9.47. The van der Waals surface area contributed by atoms with Gasteiger partial charge < -0.3 is 15.0 Å². The molecule has 140 valence electrons. The highest BCUT2D eigenvalue weighted by Gasteiger charge is 2.53. The Hall–Kier alpha value is -2.82. The predicted octanol–water partition coefficient (Wildman–Crippen LogP) is 3.06. The second-order valence-corrected chi connectivity index (χ2v) is 7.23. The molecule has 2 aromatic rings. The van der Waals surface area contributed by atoms with Crippen LogP contribution in [0.1, 0.15) is 36.4 Å². The number of carbonyl (C=O) groups excluding carboxylic acids is 2. The van der Waals surface area contributed by atoms with Gasteiger partial charge in [0.2, 0.25) is 11.8 Å². The molecule has 0 radical (unpaired) electrons. The topological polar surface area (TPSA) is 58.6 Å². The highest BCUT2D eigenvalue weighted by atomic mass is 16.5. The van der Waals surface area contributed by atoms with Crippen LogP contribution in [-0.4, -0.2) is 29.9 Å². The lowest BCUT2D eigenvalue weighted by Crippen LogP contribution is -2.61. The summed E-state index contributed by atoms with van der Waals surface area (Å²) < 4.78 is 5.22. The number of hydrogen-bond donors (Lipinski definition) is 1. The fourth-order valence-electron chi connectivity index (χ4n) is 4.26. The third kappa shape index (κ3) is 3.29. The van der Waals surface area contributed by atoms with E-state index in [0.717, 1.165) is 36.1 Å². The van der Waals surface area contributed by atoms with Crippen LogP contribution in [0, 0.1) is 5.92 Å². The number of β-lactam (4-membered cyclic amide) rings is 1. The van der Waals surface area contributed by atoms with Gasteiger partial charge in [0.1, 0.15) is 11.8 Å². The van der Waals surface area contributed by atoms with E-state index >= 15 is 0 Å². The lowest BCUT2D eigenvalue weighted by molar-refractivity contribution is -0.162. The number of rotatable bonds is 6. The van der Waals surface area contributed by atoms with Crippen molar-refractivity contribution in [1.29, 1.82) is 0 Å². The van der Waals surface area contributed by atoms with Gasteiger partial charge in [-0.2, -0.15) is 0 Å². The molecule has 1 aliphatic carbocycles. The first-order chi connectivity index (χ1) is 13.2. The van der Waals surface area contributed by atoms with Gasteiger partial charge in [0.25, 0.3) is 0 Å². The summed E-state index contributed by atoms with van der Waals surface area (Å²) in [5.74, 6) is 0.805. The van der Waals surface area contributed by atoms with Crippen molar-refractivity contribution in [2.45, 2.75) is 37.9 Å². The number of methoxy groups -OCH3 is 1. The highest BCUT2D eigenvalue weighted by molar-refractivity contribution is 5.93. The van der Waals surface area contributed by atoms with Gasteiger partial charge in [-0.15, -0.1) is 0 Å². The Labute approximate surface area is 159 Å². The summed E-state index contributed by atoms with van der Waals surface area (Å²) in [6.07, 6.45) is 2.98. The first kappa shape index (κ1) is 17.6. The second-order valence-electron chi connectivity index (χ2n) is 7.23. The van der Waals surface area contributed by atoms with Crippen molar-refractivity contribution in [3.05, 3.63) is 65.7 Å². The molecule has 2 aliphatic rings. The molecule has 1 saturated heterocycles. The fraction of sp³-hybridized carbons (Fsp3) is 0.364. The van der Waals surface area contributed by atoms with Crippen molar-refractivity contribution in [2.24, 2.45) is 5.92 Å². The summed E-state index contributed by atoms with van der Waals surface area (Å²) in [6, 6.07) is 16.8. The summed E-state index contributed by atoms with van der Waals surface area (Å²) in [4.78, 5) is 27.6. The number of carbonyl (C=O) groups is 2. The number of hydrogen-bond acceptors (Lipinski definition) is 3. The summed E-state index contributed by atoms with van der Waals surface area (Å²) in [7, 11) is 1.61. The smallest absolute Gasteiger partial charge is 0.247 e. The zero-order chi connectivity index (χ0) is 18.8. The number of ether oxygens (including phenoxy) is 1. The van der Waals surface area contributed by atoms with Crippen LogP contribution in [0.3, 0.4) is 0 Å². The van der Waals surface area contributed by atoms with Crippen LogP contribution < -0.4 is 10.1 Å². The van der Waals surface area contributed by atoms with Crippen molar-refractivity contribution >= 4 is 11.8 Å². The van der Waals surface area contributed by atoms with Crippen molar-refractivity contribution in [1.82, 2.24) is 10.2 Å². The molecule has 1 heterocycles. The van der Waals surface area contributed by atoms with E-state index in [4.69, 9.17) is 4.74 Å². The van der Waals surface area contributed by atoms with E-state index in [1.807, 2.05) is 54.6 Å². The second kappa shape index (κ2) is 7.43. The molecular formula is C22H24N2O3. The Kier molecular flexibility index (Phi) is 4.84. The zero-order valence-electron chi connectivity index (χ0n) is 15.4. The molecule has 1 N–H and O–H groups in total. The van der Waals surface area contributed by atoms with Crippen molar-refractivity contribution in [3.8, 4) is 5.75 Å². The molecule has 4 rings (SSSR count). The van der Waals surface area contributed by atoms with E-state index in [-0.39, 0.29) is 23.8 Å². The quantitative estimate of drug-likeness (QED) is 0.802. The number of fused-ring (bicyclic) bond motifs is 1. The Morgan fingerprint density at radius 2 is 1.89 bits per heavy atom. The molecule has 2 amide bonds. The van der Waals surface area contributed by atoms with Gasteiger partial charge in [0.15, 0.2) is 0 Å². The Morgan fingerprint density at radius 1 is 1.15 bits per heavy atom. The minimum Gasteiger partial charge on any atom is -0.497 e. The Bertz CT molecular complexity index is 819. The largest absolute Gasteiger partial charge is 0.497 e. The number of amides is 2. The van der Waals surface area contributed by atoms with Crippen molar-refractivity contribution in [3.63, 3.8) is 0 Å². The molecule has 0 aromatic heterocycles. The van der Waals surface area contributed by atoms with E-state index < -0.39 is 6.04 Å². The lowest BCUT2D eigenvalue weighted by Gasteiger charge is -2.47. The number of benzene rings is 2. The molecule has 2 fully saturated rings. The first-order valence-electron chi connectivity index (χ1n) is 9.47. The average molecular weight is 364 g/mol. The van der Waals surface area contributed by atoms with Gasteiger partial charge in [-0.25, -0.2) is 0 Å². The van der Waals surface area contributed by atoms with E-state index in [9.17, 15) is 9.59 Å². The Morgan fingerprint density at radius 3 is 2.59 bits per heavy atom. The Balaban J connectivity index is 1.57. The third-order valence-electron chi connectivity index (χ3n) is 5.68. The molecule has 1 aliphatic heterocycles. The molecule has 5 heteroatoms. The molecule has 2 aromatic carbocycles. The number of nitrogens with one attached hydrogen (secondary N) is 1. The average Bonchev–Trinajstić information content (AvgIpc) is 3.15. The van der Waals surface area contributed by atoms with Crippen LogP contribution in [0.5, 0.6) is 5.75 Å². The maximum Gasteiger partial charge on any atom is 0.247 e. The lowest BCUT2D eigenvalue weighted by atomic mass is 9.86. The SMILES string of the molecule is COc1ccc(C(C(=O)NCc2ccccc2)N2C(=O)[C@@H]3CCC[C@@H]32)cc1. The standard InChI is InChI=1S/C22H24N2O3/c1-27-17-12-10-16(11-13-17)20(24-19-9-5-8-18(19)22(24)26)21(25)23-14-15-6-3-2-4-7-15/h2-4,6-7,10-13,18-20H,5,8-9,14H2,1H3,(H,23,25)/t18-,19+,20?/m1/s1. The summed E-state index contributed by atoms with van der Waals surface area (Å²) in [6.45, 7) is 0.447. The van der Waals surface area contributed by atoms with E-state index in [0.29, 0.717) is 6.54 Å². The number of nitrogens with zero attached hydrogens (tertiary/aromatic N) is 1. The summed E-state index contributed by atoms with van der Waals surface area (Å²) in [5, 5.41) is 3.01. The molecule has 0 spiro atoms. The van der Waals surface area contributed by atoms with E-state index in [1.165, 1.54) is 0 Å². The minimum atomic E-state index is -0.591. The third-order valence-corrected chi connectivity index (χ3v) is 5.68. The minimum absolute atomic E-state index is 0.104. The summed E-state index contributed by atoms with van der Waals surface area (Å²) >= 11 is 0. The van der Waals surface area contributed by atoms with Crippen LogP contribution in [0.2, 0.25) is 0 Å². The molecular weight excluding hydrogens is 340 g/mol. The normalized spacial score (nSPS) is 22.0. The molecule has 1 unspecified atom stereocenters. The molecule has 5 nitrogen and oxygen atoms in total. The van der Waals surface area contributed by atoms with Gasteiger partial charge in [0.05, 0.1) is 13.0 Å². The van der Waals surface area contributed by atoms with Crippen molar-refractivity contribution < 1.29 is 14.3 Å².